The molecule has 2 unspecified atom stereocenters. The molecule has 1 aromatic rings. The molecule has 0 aromatic heterocycles. The molecule has 1 aromatic carbocycles. The summed E-state index contributed by atoms with van der Waals surface area (Å²) in [6.45, 7) is 7.99. The second-order valence-corrected chi connectivity index (χ2v) is 6.02. The van der Waals surface area contributed by atoms with E-state index in [-0.39, 0.29) is 0 Å². The predicted octanol–water partition coefficient (Wildman–Crippen LogP) is 4.25. The maximum atomic E-state index is 3.65. The van der Waals surface area contributed by atoms with Crippen LogP contribution in [0.2, 0.25) is 0 Å². The van der Waals surface area contributed by atoms with Crippen molar-refractivity contribution in [1.82, 2.24) is 5.32 Å². The Hall–Kier alpha value is -0.0900. The van der Waals surface area contributed by atoms with Crippen molar-refractivity contribution < 1.29 is 0 Å². The minimum absolute atomic E-state index is 0.647. The fourth-order valence-electron chi connectivity index (χ4n) is 2.21. The van der Waals surface area contributed by atoms with E-state index in [1.807, 2.05) is 0 Å². The van der Waals surface area contributed by atoms with E-state index in [0.29, 0.717) is 12.0 Å². The molecule has 0 bridgehead atoms. The van der Waals surface area contributed by atoms with Gasteiger partial charge in [0.2, 0.25) is 0 Å². The summed E-state index contributed by atoms with van der Waals surface area (Å²) in [5.41, 5.74) is 1.45. The topological polar surface area (TPSA) is 12.0 Å². The molecule has 96 valence electrons. The van der Waals surface area contributed by atoms with Gasteiger partial charge in [-0.3, -0.25) is 0 Å². The lowest BCUT2D eigenvalue weighted by Gasteiger charge is -2.24. The van der Waals surface area contributed by atoms with Gasteiger partial charge in [0.25, 0.3) is 0 Å². The van der Waals surface area contributed by atoms with Crippen LogP contribution in [0.1, 0.15) is 39.2 Å². The fourth-order valence-corrected chi connectivity index (χ4v) is 2.57. The highest BCUT2D eigenvalue weighted by atomic mass is 127. The lowest BCUT2D eigenvalue weighted by molar-refractivity contribution is 0.364. The largest absolute Gasteiger partial charge is 0.314 e. The second kappa shape index (κ2) is 8.09. The van der Waals surface area contributed by atoms with E-state index in [4.69, 9.17) is 0 Å². The molecule has 0 saturated heterocycles. The van der Waals surface area contributed by atoms with Crippen molar-refractivity contribution in [3.63, 3.8) is 0 Å². The van der Waals surface area contributed by atoms with Crippen LogP contribution in [0.3, 0.4) is 0 Å². The van der Waals surface area contributed by atoms with Gasteiger partial charge in [0.1, 0.15) is 0 Å². The summed E-state index contributed by atoms with van der Waals surface area (Å²) < 4.78 is 1.31. The van der Waals surface area contributed by atoms with Crippen molar-refractivity contribution in [2.45, 2.75) is 46.1 Å². The van der Waals surface area contributed by atoms with Crippen LogP contribution in [0, 0.1) is 9.49 Å². The molecule has 0 spiro atoms. The average Bonchev–Trinajstić information content (AvgIpc) is 2.33. The van der Waals surface area contributed by atoms with Crippen molar-refractivity contribution in [2.75, 3.05) is 6.54 Å². The Bertz CT molecular complexity index is 307. The minimum Gasteiger partial charge on any atom is -0.314 e. The third-order valence-electron chi connectivity index (χ3n) is 3.25. The molecule has 0 heterocycles. The van der Waals surface area contributed by atoms with Gasteiger partial charge in [0.15, 0.2) is 0 Å². The third kappa shape index (κ3) is 5.38. The Morgan fingerprint density at radius 1 is 1.18 bits per heavy atom. The molecule has 0 aliphatic carbocycles. The molecule has 1 N–H and O–H groups in total. The smallest absolute Gasteiger partial charge is 0.0130 e. The molecule has 0 aliphatic rings. The number of hydrogen-bond donors (Lipinski definition) is 1. The van der Waals surface area contributed by atoms with Crippen LogP contribution < -0.4 is 5.32 Å². The lowest BCUT2D eigenvalue weighted by atomic mass is 9.92. The van der Waals surface area contributed by atoms with E-state index in [1.54, 1.807) is 0 Å². The van der Waals surface area contributed by atoms with Gasteiger partial charge in [-0.15, -0.1) is 0 Å². The quantitative estimate of drug-likeness (QED) is 0.729. The van der Waals surface area contributed by atoms with Gasteiger partial charge in [0, 0.05) is 9.61 Å². The van der Waals surface area contributed by atoms with E-state index in [2.05, 4.69) is 72.9 Å². The number of halogens is 1. The van der Waals surface area contributed by atoms with Crippen LogP contribution in [0.4, 0.5) is 0 Å². The van der Waals surface area contributed by atoms with E-state index < -0.39 is 0 Å². The maximum absolute atomic E-state index is 3.65. The van der Waals surface area contributed by atoms with E-state index in [1.165, 1.54) is 28.4 Å². The molecular formula is C15H24IN. The van der Waals surface area contributed by atoms with E-state index >= 15 is 0 Å². The maximum Gasteiger partial charge on any atom is 0.0130 e. The van der Waals surface area contributed by atoms with Crippen molar-refractivity contribution in [3.8, 4) is 0 Å². The molecule has 0 fully saturated rings. The molecule has 2 atom stereocenters. The Morgan fingerprint density at radius 2 is 1.82 bits per heavy atom. The number of hydrogen-bond acceptors (Lipinski definition) is 1. The molecule has 0 amide bonds. The zero-order chi connectivity index (χ0) is 12.7. The summed E-state index contributed by atoms with van der Waals surface area (Å²) in [7, 11) is 0. The first-order valence-electron chi connectivity index (χ1n) is 6.65. The zero-order valence-electron chi connectivity index (χ0n) is 11.2. The summed E-state index contributed by atoms with van der Waals surface area (Å²) in [4.78, 5) is 0. The molecular weight excluding hydrogens is 321 g/mol. The van der Waals surface area contributed by atoms with Crippen molar-refractivity contribution in [1.29, 1.82) is 0 Å². The summed E-state index contributed by atoms with van der Waals surface area (Å²) in [5, 5.41) is 3.65. The SMILES string of the molecule is CCCNC(CC)C(C)Cc1ccc(I)cc1. The van der Waals surface area contributed by atoms with Crippen molar-refractivity contribution >= 4 is 22.6 Å². The van der Waals surface area contributed by atoms with E-state index in [0.717, 1.165) is 6.54 Å². The van der Waals surface area contributed by atoms with E-state index in [9.17, 15) is 0 Å². The summed E-state index contributed by atoms with van der Waals surface area (Å²) in [5.74, 6) is 0.701. The lowest BCUT2D eigenvalue weighted by Crippen LogP contribution is -2.35. The summed E-state index contributed by atoms with van der Waals surface area (Å²) in [6, 6.07) is 9.55. The van der Waals surface area contributed by atoms with Crippen molar-refractivity contribution in [2.24, 2.45) is 5.92 Å². The molecule has 17 heavy (non-hydrogen) atoms. The summed E-state index contributed by atoms with van der Waals surface area (Å²) >= 11 is 2.36. The highest BCUT2D eigenvalue weighted by Crippen LogP contribution is 2.15. The number of rotatable bonds is 7. The first-order chi connectivity index (χ1) is 8.17. The monoisotopic (exact) mass is 345 g/mol. The van der Waals surface area contributed by atoms with Crippen LogP contribution in [-0.4, -0.2) is 12.6 Å². The second-order valence-electron chi connectivity index (χ2n) is 4.78. The van der Waals surface area contributed by atoms with Gasteiger partial charge in [-0.25, -0.2) is 0 Å². The Balaban J connectivity index is 2.51. The van der Waals surface area contributed by atoms with Crippen LogP contribution in [0.25, 0.3) is 0 Å². The van der Waals surface area contributed by atoms with Gasteiger partial charge in [-0.1, -0.05) is 32.9 Å². The van der Waals surface area contributed by atoms with Crippen LogP contribution in [-0.2, 0) is 6.42 Å². The van der Waals surface area contributed by atoms with Crippen LogP contribution >= 0.6 is 22.6 Å². The van der Waals surface area contributed by atoms with Crippen molar-refractivity contribution in [3.05, 3.63) is 33.4 Å². The molecule has 0 aliphatic heterocycles. The first kappa shape index (κ1) is 15.0. The standard InChI is InChI=1S/C15H24IN/c1-4-10-17-15(5-2)12(3)11-13-6-8-14(16)9-7-13/h6-9,12,15,17H,4-5,10-11H2,1-3H3. The summed E-state index contributed by atoms with van der Waals surface area (Å²) in [6.07, 6.45) is 3.60. The first-order valence-corrected chi connectivity index (χ1v) is 7.73. The third-order valence-corrected chi connectivity index (χ3v) is 3.97. The zero-order valence-corrected chi connectivity index (χ0v) is 13.3. The molecule has 0 radical (unpaired) electrons. The molecule has 0 saturated carbocycles. The van der Waals surface area contributed by atoms with Gasteiger partial charge in [-0.2, -0.15) is 0 Å². The van der Waals surface area contributed by atoms with Crippen LogP contribution in [0.15, 0.2) is 24.3 Å². The van der Waals surface area contributed by atoms with Gasteiger partial charge < -0.3 is 5.32 Å². The highest BCUT2D eigenvalue weighted by molar-refractivity contribution is 14.1. The number of nitrogens with one attached hydrogen (secondary N) is 1. The molecule has 1 rings (SSSR count). The molecule has 1 nitrogen and oxygen atoms in total. The predicted molar refractivity (Wildman–Crippen MR) is 84.4 cm³/mol. The van der Waals surface area contributed by atoms with Gasteiger partial charge in [-0.05, 0) is 72.0 Å². The highest BCUT2D eigenvalue weighted by Gasteiger charge is 2.14. The fraction of sp³-hybridized carbons (Fsp3) is 0.600. The number of benzene rings is 1. The average molecular weight is 345 g/mol. The normalized spacial score (nSPS) is 14.6. The van der Waals surface area contributed by atoms with Crippen LogP contribution in [0.5, 0.6) is 0 Å². The molecule has 2 heteroatoms. The minimum atomic E-state index is 0.647. The van der Waals surface area contributed by atoms with Gasteiger partial charge in [0.05, 0.1) is 0 Å². The Morgan fingerprint density at radius 3 is 2.35 bits per heavy atom. The Labute approximate surface area is 120 Å². The van der Waals surface area contributed by atoms with Gasteiger partial charge >= 0.3 is 0 Å². The Kier molecular flexibility index (Phi) is 7.12.